The Morgan fingerprint density at radius 3 is 2.54 bits per heavy atom. The highest BCUT2D eigenvalue weighted by Crippen LogP contribution is 2.21. The average Bonchev–Trinajstić information content (AvgIpc) is 2.66. The van der Waals surface area contributed by atoms with E-state index in [9.17, 15) is 9.59 Å². The van der Waals surface area contributed by atoms with E-state index in [1.54, 1.807) is 0 Å². The van der Waals surface area contributed by atoms with Gasteiger partial charge in [-0.2, -0.15) is 0 Å². The van der Waals surface area contributed by atoms with Crippen LogP contribution in [0.4, 0.5) is 0 Å². The predicted octanol–water partition coefficient (Wildman–Crippen LogP) is 4.79. The zero-order chi connectivity index (χ0) is 18.7. The van der Waals surface area contributed by atoms with E-state index in [4.69, 9.17) is 9.52 Å². The molecule has 0 saturated carbocycles. The van der Waals surface area contributed by atoms with Crippen LogP contribution in [-0.4, -0.2) is 11.1 Å². The molecule has 4 nitrogen and oxygen atoms in total. The Morgan fingerprint density at radius 1 is 1.08 bits per heavy atom. The van der Waals surface area contributed by atoms with Crippen molar-refractivity contribution < 1.29 is 14.3 Å². The first kappa shape index (κ1) is 17.7. The number of benzene rings is 2. The molecule has 2 aromatic carbocycles. The number of carboxylic acids is 1. The molecule has 0 aliphatic carbocycles. The molecular formula is C22H20O4. The number of hydrogen-bond donors (Lipinski definition) is 1. The van der Waals surface area contributed by atoms with E-state index in [0.29, 0.717) is 28.7 Å². The van der Waals surface area contributed by atoms with Crippen molar-refractivity contribution in [2.24, 2.45) is 0 Å². The Morgan fingerprint density at radius 2 is 1.85 bits per heavy atom. The van der Waals surface area contributed by atoms with E-state index in [2.05, 4.69) is 13.0 Å². The smallest absolute Gasteiger partial charge is 0.335 e. The Labute approximate surface area is 151 Å². The van der Waals surface area contributed by atoms with Crippen molar-refractivity contribution in [2.45, 2.75) is 26.7 Å². The third kappa shape index (κ3) is 3.31. The quantitative estimate of drug-likeness (QED) is 0.720. The minimum Gasteiger partial charge on any atom is -0.478 e. The average molecular weight is 348 g/mol. The molecule has 3 rings (SSSR count). The van der Waals surface area contributed by atoms with Gasteiger partial charge in [0.1, 0.15) is 11.3 Å². The fourth-order valence-corrected chi connectivity index (χ4v) is 3.04. The molecule has 0 amide bonds. The van der Waals surface area contributed by atoms with E-state index < -0.39 is 5.97 Å². The number of rotatable bonds is 5. The maximum absolute atomic E-state index is 12.8. The van der Waals surface area contributed by atoms with Gasteiger partial charge in [0.25, 0.3) is 0 Å². The number of aryl methyl sites for hydroxylation is 1. The van der Waals surface area contributed by atoms with Crippen LogP contribution >= 0.6 is 0 Å². The highest BCUT2D eigenvalue weighted by Gasteiger charge is 2.13. The molecule has 0 aliphatic rings. The molecule has 0 radical (unpaired) electrons. The molecular weight excluding hydrogens is 328 g/mol. The second-order valence-electron chi connectivity index (χ2n) is 6.03. The van der Waals surface area contributed by atoms with Gasteiger partial charge in [-0.3, -0.25) is 4.79 Å². The van der Waals surface area contributed by atoms with Crippen LogP contribution in [0.15, 0.2) is 51.7 Å². The van der Waals surface area contributed by atoms with E-state index in [1.807, 2.05) is 37.3 Å². The summed E-state index contributed by atoms with van der Waals surface area (Å²) >= 11 is 0. The van der Waals surface area contributed by atoms with Gasteiger partial charge >= 0.3 is 5.97 Å². The largest absolute Gasteiger partial charge is 0.478 e. The van der Waals surface area contributed by atoms with Crippen molar-refractivity contribution in [3.8, 4) is 0 Å². The summed E-state index contributed by atoms with van der Waals surface area (Å²) in [4.78, 5) is 24.0. The lowest BCUT2D eigenvalue weighted by Gasteiger charge is -2.07. The second kappa shape index (κ2) is 7.40. The maximum Gasteiger partial charge on any atom is 0.335 e. The van der Waals surface area contributed by atoms with Gasteiger partial charge in [-0.05, 0) is 48.2 Å². The van der Waals surface area contributed by atoms with E-state index >= 15 is 0 Å². The molecule has 1 aromatic heterocycles. The Kier molecular flexibility index (Phi) is 5.03. The van der Waals surface area contributed by atoms with Gasteiger partial charge in [-0.25, -0.2) is 4.79 Å². The third-order valence-corrected chi connectivity index (χ3v) is 4.47. The zero-order valence-corrected chi connectivity index (χ0v) is 14.8. The van der Waals surface area contributed by atoms with Crippen LogP contribution < -0.4 is 5.43 Å². The monoisotopic (exact) mass is 348 g/mol. The summed E-state index contributed by atoms with van der Waals surface area (Å²) in [6.45, 7) is 3.98. The first-order valence-corrected chi connectivity index (χ1v) is 8.64. The van der Waals surface area contributed by atoms with E-state index in [-0.39, 0.29) is 11.0 Å². The van der Waals surface area contributed by atoms with Crippen molar-refractivity contribution in [3.63, 3.8) is 0 Å². The van der Waals surface area contributed by atoms with Gasteiger partial charge in [0, 0.05) is 5.56 Å². The predicted molar refractivity (Wildman–Crippen MR) is 104 cm³/mol. The van der Waals surface area contributed by atoms with Crippen molar-refractivity contribution in [1.82, 2.24) is 0 Å². The summed E-state index contributed by atoms with van der Waals surface area (Å²) < 4.78 is 5.91. The highest BCUT2D eigenvalue weighted by molar-refractivity contribution is 5.93. The minimum atomic E-state index is -1.07. The SMILES string of the molecule is CCc1ccccc1C=Cc1oc2ccc(C(=O)O)cc2c(=O)c1CC. The molecule has 0 bridgehead atoms. The van der Waals surface area contributed by atoms with Gasteiger partial charge in [-0.15, -0.1) is 0 Å². The molecule has 1 heterocycles. The highest BCUT2D eigenvalue weighted by atomic mass is 16.4. The van der Waals surface area contributed by atoms with Crippen LogP contribution in [0.3, 0.4) is 0 Å². The lowest BCUT2D eigenvalue weighted by atomic mass is 10.0. The molecule has 1 N–H and O–H groups in total. The Balaban J connectivity index is 2.14. The van der Waals surface area contributed by atoms with Crippen LogP contribution in [0.5, 0.6) is 0 Å². The first-order chi connectivity index (χ1) is 12.5. The Hall–Kier alpha value is -3.14. The van der Waals surface area contributed by atoms with Crippen LogP contribution in [0.1, 0.15) is 46.7 Å². The lowest BCUT2D eigenvalue weighted by Crippen LogP contribution is -2.11. The number of carbonyl (C=O) groups is 1. The summed E-state index contributed by atoms with van der Waals surface area (Å²) in [5.41, 5.74) is 3.13. The minimum absolute atomic E-state index is 0.0759. The van der Waals surface area contributed by atoms with Crippen LogP contribution in [-0.2, 0) is 12.8 Å². The Bertz CT molecular complexity index is 1060. The number of aromatic carboxylic acids is 1. The second-order valence-corrected chi connectivity index (χ2v) is 6.03. The number of carboxylic acid groups (broad SMARTS) is 1. The van der Waals surface area contributed by atoms with Gasteiger partial charge < -0.3 is 9.52 Å². The maximum atomic E-state index is 12.8. The normalized spacial score (nSPS) is 11.3. The standard InChI is InChI=1S/C22H20O4/c1-3-14-7-5-6-8-15(14)9-11-19-17(4-2)21(23)18-13-16(22(24)25)10-12-20(18)26-19/h5-13H,3-4H2,1-2H3,(H,24,25). The van der Waals surface area contributed by atoms with Crippen LogP contribution in [0, 0.1) is 0 Å². The van der Waals surface area contributed by atoms with Crippen molar-refractivity contribution >= 4 is 29.1 Å². The van der Waals surface area contributed by atoms with Crippen molar-refractivity contribution in [3.05, 3.63) is 80.7 Å². The molecule has 132 valence electrons. The summed E-state index contributed by atoms with van der Waals surface area (Å²) in [5, 5.41) is 9.43. The topological polar surface area (TPSA) is 67.5 Å². The van der Waals surface area contributed by atoms with Gasteiger partial charge in [0.15, 0.2) is 5.43 Å². The zero-order valence-electron chi connectivity index (χ0n) is 14.8. The molecule has 3 aromatic rings. The lowest BCUT2D eigenvalue weighted by molar-refractivity contribution is 0.0697. The molecule has 0 saturated heterocycles. The molecule has 0 fully saturated rings. The molecule has 26 heavy (non-hydrogen) atoms. The molecule has 0 spiro atoms. The number of fused-ring (bicyclic) bond motifs is 1. The van der Waals surface area contributed by atoms with Gasteiger partial charge in [0.05, 0.1) is 10.9 Å². The van der Waals surface area contributed by atoms with Crippen LogP contribution in [0.2, 0.25) is 0 Å². The van der Waals surface area contributed by atoms with Gasteiger partial charge in [-0.1, -0.05) is 44.2 Å². The van der Waals surface area contributed by atoms with Gasteiger partial charge in [0.2, 0.25) is 0 Å². The first-order valence-electron chi connectivity index (χ1n) is 8.64. The number of hydrogen-bond acceptors (Lipinski definition) is 3. The third-order valence-electron chi connectivity index (χ3n) is 4.47. The van der Waals surface area contributed by atoms with E-state index in [1.165, 1.54) is 23.8 Å². The summed E-state index contributed by atoms with van der Waals surface area (Å²) in [5.74, 6) is -0.552. The van der Waals surface area contributed by atoms with Crippen LogP contribution in [0.25, 0.3) is 23.1 Å². The molecule has 0 aliphatic heterocycles. The summed E-state index contributed by atoms with van der Waals surface area (Å²) in [7, 11) is 0. The molecule has 0 unspecified atom stereocenters. The summed E-state index contributed by atoms with van der Waals surface area (Å²) in [6.07, 6.45) is 5.19. The van der Waals surface area contributed by atoms with Crippen molar-refractivity contribution in [1.29, 1.82) is 0 Å². The van der Waals surface area contributed by atoms with E-state index in [0.717, 1.165) is 12.0 Å². The molecule has 0 atom stereocenters. The summed E-state index contributed by atoms with van der Waals surface area (Å²) in [6, 6.07) is 12.4. The van der Waals surface area contributed by atoms with Crippen molar-refractivity contribution in [2.75, 3.05) is 0 Å². The fraction of sp³-hybridized carbons (Fsp3) is 0.182. The molecule has 4 heteroatoms. The fourth-order valence-electron chi connectivity index (χ4n) is 3.04.